The molecule has 2 heterocycles. The third kappa shape index (κ3) is 3.70. The summed E-state index contributed by atoms with van der Waals surface area (Å²) in [6.07, 6.45) is 0.415. The van der Waals surface area contributed by atoms with Gasteiger partial charge in [0.1, 0.15) is 10.3 Å². The van der Waals surface area contributed by atoms with E-state index in [9.17, 15) is 13.2 Å². The van der Waals surface area contributed by atoms with Crippen LogP contribution in [0.2, 0.25) is 5.02 Å². The van der Waals surface area contributed by atoms with Gasteiger partial charge < -0.3 is 4.90 Å². The monoisotopic (exact) mass is 459 g/mol. The number of likely N-dealkylation sites (N-methyl/N-ethyl adjacent to an activating group) is 1. The maximum Gasteiger partial charge on any atom is 0.253 e. The lowest BCUT2D eigenvalue weighted by molar-refractivity contribution is -0.131. The normalized spacial score (nSPS) is 17.1. The SMILES string of the molecule is CN([C@H]1CCN(Cc2cccc(C#N)c2)C1=O)S(=O)(=O)c1cc2c(Cl)cccc2s1. The Morgan fingerprint density at radius 1 is 1.27 bits per heavy atom. The highest BCUT2D eigenvalue weighted by Crippen LogP contribution is 2.35. The van der Waals surface area contributed by atoms with E-state index in [2.05, 4.69) is 6.07 Å². The number of carbonyl (C=O) groups excluding carboxylic acids is 1. The Hall–Kier alpha value is -2.44. The number of carbonyl (C=O) groups is 1. The second-order valence-electron chi connectivity index (χ2n) is 7.11. The van der Waals surface area contributed by atoms with E-state index in [0.29, 0.717) is 35.5 Å². The van der Waals surface area contributed by atoms with Crippen LogP contribution >= 0.6 is 22.9 Å². The van der Waals surface area contributed by atoms with Crippen molar-refractivity contribution in [2.45, 2.75) is 23.2 Å². The van der Waals surface area contributed by atoms with E-state index in [4.69, 9.17) is 16.9 Å². The molecule has 9 heteroatoms. The highest BCUT2D eigenvalue weighted by Gasteiger charge is 2.40. The van der Waals surface area contributed by atoms with Crippen LogP contribution in [0, 0.1) is 11.3 Å². The van der Waals surface area contributed by atoms with E-state index in [1.165, 1.54) is 11.4 Å². The van der Waals surface area contributed by atoms with Gasteiger partial charge in [0.25, 0.3) is 10.0 Å². The zero-order chi connectivity index (χ0) is 21.5. The van der Waals surface area contributed by atoms with E-state index in [0.717, 1.165) is 21.6 Å². The van der Waals surface area contributed by atoms with Gasteiger partial charge in [-0.1, -0.05) is 29.8 Å². The zero-order valence-electron chi connectivity index (χ0n) is 16.1. The van der Waals surface area contributed by atoms with E-state index < -0.39 is 16.1 Å². The molecule has 1 saturated heterocycles. The highest BCUT2D eigenvalue weighted by atomic mass is 35.5. The molecular formula is C21H18ClN3O3S2. The summed E-state index contributed by atoms with van der Waals surface area (Å²) < 4.78 is 28.5. The minimum atomic E-state index is -3.84. The molecule has 30 heavy (non-hydrogen) atoms. The summed E-state index contributed by atoms with van der Waals surface area (Å²) in [6, 6.07) is 15.3. The summed E-state index contributed by atoms with van der Waals surface area (Å²) in [7, 11) is -2.39. The fourth-order valence-electron chi connectivity index (χ4n) is 3.62. The van der Waals surface area contributed by atoms with Crippen molar-refractivity contribution in [1.82, 2.24) is 9.21 Å². The number of nitriles is 1. The van der Waals surface area contributed by atoms with Crippen molar-refractivity contribution in [3.63, 3.8) is 0 Å². The lowest BCUT2D eigenvalue weighted by atomic mass is 10.1. The van der Waals surface area contributed by atoms with Crippen LogP contribution in [0.15, 0.2) is 52.7 Å². The minimum Gasteiger partial charge on any atom is -0.337 e. The van der Waals surface area contributed by atoms with Crippen LogP contribution in [-0.2, 0) is 21.4 Å². The number of fused-ring (bicyclic) bond motifs is 1. The summed E-state index contributed by atoms with van der Waals surface area (Å²) in [6.45, 7) is 0.801. The number of amides is 1. The molecule has 0 radical (unpaired) electrons. The van der Waals surface area contributed by atoms with Gasteiger partial charge in [-0.3, -0.25) is 4.79 Å². The predicted molar refractivity (Wildman–Crippen MR) is 117 cm³/mol. The Morgan fingerprint density at radius 2 is 2.03 bits per heavy atom. The first kappa shape index (κ1) is 20.8. The molecule has 1 atom stereocenters. The van der Waals surface area contributed by atoms with Crippen molar-refractivity contribution in [3.8, 4) is 6.07 Å². The summed E-state index contributed by atoms with van der Waals surface area (Å²) in [4.78, 5) is 14.6. The average Bonchev–Trinajstić information content (AvgIpc) is 3.33. The average molecular weight is 460 g/mol. The molecule has 6 nitrogen and oxygen atoms in total. The van der Waals surface area contributed by atoms with Gasteiger partial charge in [0.05, 0.1) is 11.6 Å². The largest absolute Gasteiger partial charge is 0.337 e. The van der Waals surface area contributed by atoms with E-state index >= 15 is 0 Å². The van der Waals surface area contributed by atoms with E-state index in [-0.39, 0.29) is 10.1 Å². The van der Waals surface area contributed by atoms with Crippen LogP contribution in [0.5, 0.6) is 0 Å². The molecule has 0 aliphatic carbocycles. The maximum atomic E-state index is 13.2. The van der Waals surface area contributed by atoms with Crippen LogP contribution in [0.1, 0.15) is 17.5 Å². The molecule has 0 spiro atoms. The minimum absolute atomic E-state index is 0.168. The third-order valence-electron chi connectivity index (χ3n) is 5.26. The van der Waals surface area contributed by atoms with E-state index in [1.807, 2.05) is 12.1 Å². The highest BCUT2D eigenvalue weighted by molar-refractivity contribution is 7.91. The molecule has 4 rings (SSSR count). The van der Waals surface area contributed by atoms with Crippen molar-refractivity contribution in [2.75, 3.05) is 13.6 Å². The fraction of sp³-hybridized carbons (Fsp3) is 0.238. The van der Waals surface area contributed by atoms with Gasteiger partial charge in [-0.25, -0.2) is 8.42 Å². The van der Waals surface area contributed by atoms with Gasteiger partial charge in [-0.05, 0) is 42.3 Å². The Bertz CT molecular complexity index is 1280. The number of hydrogen-bond donors (Lipinski definition) is 0. The Kier molecular flexibility index (Phi) is 5.55. The van der Waals surface area contributed by atoms with Crippen LogP contribution in [-0.4, -0.2) is 43.2 Å². The number of nitrogens with zero attached hydrogens (tertiary/aromatic N) is 3. The Morgan fingerprint density at radius 3 is 2.77 bits per heavy atom. The number of halogens is 1. The van der Waals surface area contributed by atoms with Gasteiger partial charge in [0.15, 0.2) is 0 Å². The molecule has 0 unspecified atom stereocenters. The molecule has 1 aliphatic heterocycles. The molecule has 154 valence electrons. The smallest absolute Gasteiger partial charge is 0.253 e. The van der Waals surface area contributed by atoms with Crippen molar-refractivity contribution < 1.29 is 13.2 Å². The number of hydrogen-bond acceptors (Lipinski definition) is 5. The van der Waals surface area contributed by atoms with Gasteiger partial charge in [-0.15, -0.1) is 11.3 Å². The van der Waals surface area contributed by atoms with Crippen LogP contribution in [0.25, 0.3) is 10.1 Å². The quantitative estimate of drug-likeness (QED) is 0.580. The number of benzene rings is 2. The van der Waals surface area contributed by atoms with Crippen molar-refractivity contribution in [2.24, 2.45) is 0 Å². The van der Waals surface area contributed by atoms with Gasteiger partial charge in [0.2, 0.25) is 5.91 Å². The van der Waals surface area contributed by atoms with E-state index in [1.54, 1.807) is 41.3 Å². The second-order valence-corrected chi connectivity index (χ2v) is 10.8. The molecule has 1 fully saturated rings. The third-order valence-corrected chi connectivity index (χ3v) is 9.00. The predicted octanol–water partition coefficient (Wildman–Crippen LogP) is 3.85. The summed E-state index contributed by atoms with van der Waals surface area (Å²) in [5.41, 5.74) is 1.37. The van der Waals surface area contributed by atoms with Crippen molar-refractivity contribution in [3.05, 3.63) is 64.7 Å². The maximum absolute atomic E-state index is 13.2. The topological polar surface area (TPSA) is 81.5 Å². The van der Waals surface area contributed by atoms with Crippen molar-refractivity contribution in [1.29, 1.82) is 5.26 Å². The molecule has 3 aromatic rings. The standard InChI is InChI=1S/C21H18ClN3O3S2/c1-24(30(27,28)20-11-16-17(22)6-3-7-19(16)29-20)18-8-9-25(21(18)26)13-15-5-2-4-14(10-15)12-23/h2-7,10-11,18H,8-9,13H2,1H3/t18-/m0/s1. The number of rotatable bonds is 5. The first-order chi connectivity index (χ1) is 14.3. The first-order valence-electron chi connectivity index (χ1n) is 9.25. The Labute approximate surface area is 183 Å². The fourth-order valence-corrected chi connectivity index (χ4v) is 6.84. The van der Waals surface area contributed by atoms with Gasteiger partial charge in [0, 0.05) is 35.2 Å². The lowest BCUT2D eigenvalue weighted by Gasteiger charge is -2.23. The Balaban J connectivity index is 1.55. The summed E-state index contributed by atoms with van der Waals surface area (Å²) in [5, 5.41) is 10.2. The first-order valence-corrected chi connectivity index (χ1v) is 11.9. The molecule has 0 N–H and O–H groups in total. The van der Waals surface area contributed by atoms with Gasteiger partial charge >= 0.3 is 0 Å². The van der Waals surface area contributed by atoms with Crippen LogP contribution in [0.3, 0.4) is 0 Å². The van der Waals surface area contributed by atoms with Gasteiger partial charge in [-0.2, -0.15) is 9.57 Å². The number of likely N-dealkylation sites (tertiary alicyclic amines) is 1. The number of sulfonamides is 1. The van der Waals surface area contributed by atoms with Crippen LogP contribution < -0.4 is 0 Å². The van der Waals surface area contributed by atoms with Crippen LogP contribution in [0.4, 0.5) is 0 Å². The molecule has 1 aliphatic rings. The summed E-state index contributed by atoms with van der Waals surface area (Å²) >= 11 is 7.33. The van der Waals surface area contributed by atoms with Crippen molar-refractivity contribution >= 4 is 49.0 Å². The molecule has 1 aromatic heterocycles. The molecule has 0 saturated carbocycles. The summed E-state index contributed by atoms with van der Waals surface area (Å²) in [5.74, 6) is -0.234. The molecular weight excluding hydrogens is 442 g/mol. The molecule has 1 amide bonds. The second kappa shape index (κ2) is 8.00. The molecule has 0 bridgehead atoms. The zero-order valence-corrected chi connectivity index (χ0v) is 18.5. The molecule has 2 aromatic carbocycles. The number of thiophene rings is 1. The lowest BCUT2D eigenvalue weighted by Crippen LogP contribution is -2.42.